The molecule has 0 saturated heterocycles. The van der Waals surface area contributed by atoms with Gasteiger partial charge in [-0.05, 0) is 17.2 Å². The Morgan fingerprint density at radius 3 is 2.25 bits per heavy atom. The zero-order valence-corrected chi connectivity index (χ0v) is 14.1. The van der Waals surface area contributed by atoms with Gasteiger partial charge in [0.1, 0.15) is 0 Å². The number of nitrogens with one attached hydrogen (secondary N) is 1. The van der Waals surface area contributed by atoms with Crippen molar-refractivity contribution in [1.82, 2.24) is 4.72 Å². The zero-order chi connectivity index (χ0) is 17.4. The Balaban J connectivity index is 2.18. The van der Waals surface area contributed by atoms with E-state index < -0.39 is 22.0 Å². The summed E-state index contributed by atoms with van der Waals surface area (Å²) in [6.07, 6.45) is 1.42. The summed E-state index contributed by atoms with van der Waals surface area (Å²) in [4.78, 5) is 11.6. The normalized spacial score (nSPS) is 12.9. The van der Waals surface area contributed by atoms with Gasteiger partial charge in [0.05, 0.1) is 19.6 Å². The van der Waals surface area contributed by atoms with E-state index in [0.717, 1.165) is 11.0 Å². The summed E-state index contributed by atoms with van der Waals surface area (Å²) < 4.78 is 31.8. The molecular weight excluding hydrogens is 326 g/mol. The van der Waals surface area contributed by atoms with E-state index in [1.165, 1.54) is 13.2 Å². The molecule has 2 rings (SSSR count). The maximum atomic E-state index is 12.3. The van der Waals surface area contributed by atoms with Crippen LogP contribution in [-0.4, -0.2) is 21.5 Å². The van der Waals surface area contributed by atoms with Crippen LogP contribution in [0.15, 0.2) is 66.1 Å². The van der Waals surface area contributed by atoms with Crippen molar-refractivity contribution in [2.75, 3.05) is 7.11 Å². The van der Waals surface area contributed by atoms with Gasteiger partial charge in [0.2, 0.25) is 10.0 Å². The van der Waals surface area contributed by atoms with E-state index in [-0.39, 0.29) is 6.42 Å². The number of methoxy groups -OCH3 is 1. The molecule has 0 bridgehead atoms. The first-order chi connectivity index (χ1) is 11.5. The predicted molar refractivity (Wildman–Crippen MR) is 93.3 cm³/mol. The SMILES string of the molecule is COC(=O)CC(NS(=O)(=O)C=Cc1ccccc1)c1ccccc1. The average molecular weight is 345 g/mol. The predicted octanol–water partition coefficient (Wildman–Crippen LogP) is 2.88. The molecule has 0 aliphatic rings. The number of esters is 1. The molecule has 0 aliphatic carbocycles. The molecule has 1 N–H and O–H groups in total. The van der Waals surface area contributed by atoms with Gasteiger partial charge in [0.15, 0.2) is 0 Å². The van der Waals surface area contributed by atoms with Gasteiger partial charge in [-0.1, -0.05) is 60.7 Å². The Morgan fingerprint density at radius 1 is 1.08 bits per heavy atom. The van der Waals surface area contributed by atoms with Gasteiger partial charge in [0.25, 0.3) is 0 Å². The lowest BCUT2D eigenvalue weighted by Crippen LogP contribution is -2.29. The minimum Gasteiger partial charge on any atom is -0.469 e. The molecule has 0 radical (unpaired) electrons. The topological polar surface area (TPSA) is 72.5 Å². The van der Waals surface area contributed by atoms with Gasteiger partial charge in [-0.2, -0.15) is 0 Å². The lowest BCUT2D eigenvalue weighted by molar-refractivity contribution is -0.141. The lowest BCUT2D eigenvalue weighted by atomic mass is 10.1. The van der Waals surface area contributed by atoms with Crippen molar-refractivity contribution in [3.05, 3.63) is 77.2 Å². The third-order valence-corrected chi connectivity index (χ3v) is 4.45. The quantitative estimate of drug-likeness (QED) is 0.783. The van der Waals surface area contributed by atoms with Crippen LogP contribution in [0.1, 0.15) is 23.6 Å². The summed E-state index contributed by atoms with van der Waals surface area (Å²) in [7, 11) is -2.45. The third-order valence-electron chi connectivity index (χ3n) is 3.35. The molecular formula is C18H19NO4S. The summed E-state index contributed by atoms with van der Waals surface area (Å²) in [5.74, 6) is -0.487. The molecule has 126 valence electrons. The number of carbonyl (C=O) groups excluding carboxylic acids is 1. The summed E-state index contributed by atoms with van der Waals surface area (Å²) in [6, 6.07) is 17.3. The molecule has 0 saturated carbocycles. The van der Waals surface area contributed by atoms with Crippen LogP contribution in [0.3, 0.4) is 0 Å². The maximum absolute atomic E-state index is 12.3. The molecule has 1 atom stereocenters. The minimum atomic E-state index is -3.72. The molecule has 0 heterocycles. The van der Waals surface area contributed by atoms with E-state index in [1.807, 2.05) is 24.3 Å². The Bertz CT molecular complexity index is 786. The molecule has 6 heteroatoms. The molecule has 5 nitrogen and oxygen atoms in total. The van der Waals surface area contributed by atoms with Crippen LogP contribution in [0.2, 0.25) is 0 Å². The van der Waals surface area contributed by atoms with E-state index in [2.05, 4.69) is 9.46 Å². The van der Waals surface area contributed by atoms with Crippen molar-refractivity contribution in [2.24, 2.45) is 0 Å². The Labute approximate surface area is 142 Å². The second-order valence-corrected chi connectivity index (χ2v) is 6.72. The molecule has 0 fully saturated rings. The lowest BCUT2D eigenvalue weighted by Gasteiger charge is -2.17. The first-order valence-electron chi connectivity index (χ1n) is 7.37. The van der Waals surface area contributed by atoms with Crippen LogP contribution < -0.4 is 4.72 Å². The molecule has 0 amide bonds. The minimum absolute atomic E-state index is 0.0844. The standard InChI is InChI=1S/C18H19NO4S/c1-23-18(20)14-17(16-10-6-3-7-11-16)19-24(21,22)13-12-15-8-4-2-5-9-15/h2-13,17,19H,14H2,1H3. The number of ether oxygens (including phenoxy) is 1. The van der Waals surface area contributed by atoms with Crippen molar-refractivity contribution >= 4 is 22.1 Å². The smallest absolute Gasteiger partial charge is 0.307 e. The van der Waals surface area contributed by atoms with Crippen molar-refractivity contribution in [3.8, 4) is 0 Å². The summed E-state index contributed by atoms with van der Waals surface area (Å²) in [5.41, 5.74) is 1.46. The van der Waals surface area contributed by atoms with Gasteiger partial charge in [0, 0.05) is 5.41 Å². The van der Waals surface area contributed by atoms with Gasteiger partial charge in [-0.25, -0.2) is 13.1 Å². The summed E-state index contributed by atoms with van der Waals surface area (Å²) in [6.45, 7) is 0. The van der Waals surface area contributed by atoms with Crippen molar-refractivity contribution in [3.63, 3.8) is 0 Å². The largest absolute Gasteiger partial charge is 0.469 e. The Hall–Kier alpha value is -2.44. The van der Waals surface area contributed by atoms with Crippen LogP contribution in [0.5, 0.6) is 0 Å². The highest BCUT2D eigenvalue weighted by atomic mass is 32.2. The molecule has 1 unspecified atom stereocenters. The van der Waals surface area contributed by atoms with E-state index in [4.69, 9.17) is 0 Å². The molecule has 0 spiro atoms. The van der Waals surface area contributed by atoms with Gasteiger partial charge >= 0.3 is 5.97 Å². The number of sulfonamides is 1. The van der Waals surface area contributed by atoms with Crippen LogP contribution in [0.25, 0.3) is 6.08 Å². The van der Waals surface area contributed by atoms with E-state index in [1.54, 1.807) is 36.4 Å². The number of rotatable bonds is 7. The second-order valence-electron chi connectivity index (χ2n) is 5.12. The van der Waals surface area contributed by atoms with Gasteiger partial charge in [-0.3, -0.25) is 4.79 Å². The highest BCUT2D eigenvalue weighted by Gasteiger charge is 2.21. The van der Waals surface area contributed by atoms with Crippen molar-refractivity contribution < 1.29 is 17.9 Å². The first-order valence-corrected chi connectivity index (χ1v) is 8.92. The second kappa shape index (κ2) is 8.42. The third kappa shape index (κ3) is 5.64. The van der Waals surface area contributed by atoms with E-state index >= 15 is 0 Å². The molecule has 24 heavy (non-hydrogen) atoms. The van der Waals surface area contributed by atoms with Crippen molar-refractivity contribution in [2.45, 2.75) is 12.5 Å². The first kappa shape index (κ1) is 17.9. The zero-order valence-electron chi connectivity index (χ0n) is 13.3. The Kier molecular flexibility index (Phi) is 6.28. The molecule has 2 aromatic carbocycles. The fraction of sp³-hybridized carbons (Fsp3) is 0.167. The summed E-state index contributed by atoms with van der Waals surface area (Å²) >= 11 is 0. The number of hydrogen-bond donors (Lipinski definition) is 1. The fourth-order valence-corrected chi connectivity index (χ4v) is 3.16. The van der Waals surface area contributed by atoms with E-state index in [0.29, 0.717) is 5.56 Å². The Morgan fingerprint density at radius 2 is 1.67 bits per heavy atom. The van der Waals surface area contributed by atoms with Crippen LogP contribution in [0, 0.1) is 0 Å². The van der Waals surface area contributed by atoms with Gasteiger partial charge < -0.3 is 4.74 Å². The maximum Gasteiger partial charge on any atom is 0.307 e. The average Bonchev–Trinajstić information content (AvgIpc) is 2.61. The molecule has 2 aromatic rings. The van der Waals surface area contributed by atoms with Gasteiger partial charge in [-0.15, -0.1) is 0 Å². The molecule has 0 aromatic heterocycles. The number of benzene rings is 2. The highest BCUT2D eigenvalue weighted by molar-refractivity contribution is 7.92. The highest BCUT2D eigenvalue weighted by Crippen LogP contribution is 2.19. The van der Waals surface area contributed by atoms with Crippen LogP contribution in [0.4, 0.5) is 0 Å². The monoisotopic (exact) mass is 345 g/mol. The van der Waals surface area contributed by atoms with Crippen molar-refractivity contribution in [1.29, 1.82) is 0 Å². The fourth-order valence-electron chi connectivity index (χ4n) is 2.13. The molecule has 0 aliphatic heterocycles. The van der Waals surface area contributed by atoms with Crippen LogP contribution in [-0.2, 0) is 19.6 Å². The number of carbonyl (C=O) groups is 1. The number of hydrogen-bond acceptors (Lipinski definition) is 4. The van der Waals surface area contributed by atoms with E-state index in [9.17, 15) is 13.2 Å². The summed E-state index contributed by atoms with van der Waals surface area (Å²) in [5, 5.41) is 1.09. The van der Waals surface area contributed by atoms with Crippen LogP contribution >= 0.6 is 0 Å².